The van der Waals surface area contributed by atoms with Gasteiger partial charge in [-0.05, 0) is 37.1 Å². The van der Waals surface area contributed by atoms with Crippen LogP contribution < -0.4 is 0 Å². The van der Waals surface area contributed by atoms with Gasteiger partial charge < -0.3 is 4.57 Å². The van der Waals surface area contributed by atoms with E-state index in [9.17, 15) is 14.0 Å². The molecule has 0 saturated heterocycles. The highest BCUT2D eigenvalue weighted by atomic mass is 19.1. The number of aromatic nitrogens is 3. The molecule has 0 amide bonds. The quantitative estimate of drug-likeness (QED) is 0.799. The lowest BCUT2D eigenvalue weighted by Gasteiger charge is -2.06. The Morgan fingerprint density at radius 3 is 2.91 bits per heavy atom. The molecule has 6 heteroatoms. The molecule has 2 aromatic rings. The van der Waals surface area contributed by atoms with Gasteiger partial charge in [-0.15, -0.1) is 10.2 Å². The first-order valence-corrected chi connectivity index (χ1v) is 7.18. The van der Waals surface area contributed by atoms with E-state index in [1.165, 1.54) is 6.08 Å². The van der Waals surface area contributed by atoms with Gasteiger partial charge in [-0.2, -0.15) is 5.26 Å². The van der Waals surface area contributed by atoms with E-state index in [0.29, 0.717) is 5.82 Å². The Hall–Kier alpha value is -2.55. The van der Waals surface area contributed by atoms with E-state index in [2.05, 4.69) is 10.2 Å². The number of allylic oxidation sites excluding steroid dienone is 1. The highest BCUT2D eigenvalue weighted by Crippen LogP contribution is 2.22. The molecule has 0 saturated carbocycles. The number of aryl methyl sites for hydroxylation is 1. The van der Waals surface area contributed by atoms with Crippen molar-refractivity contribution >= 4 is 11.6 Å². The monoisotopic (exact) mass is 300 g/mol. The second-order valence-corrected chi connectivity index (χ2v) is 5.24. The topological polar surface area (TPSA) is 54.5 Å². The van der Waals surface area contributed by atoms with Crippen molar-refractivity contribution in [1.29, 1.82) is 5.26 Å². The third-order valence-corrected chi connectivity index (χ3v) is 3.73. The average Bonchev–Trinajstić information content (AvgIpc) is 2.76. The van der Waals surface area contributed by atoms with Crippen LogP contribution in [0.25, 0.3) is 11.6 Å². The van der Waals surface area contributed by atoms with Crippen LogP contribution in [0.15, 0.2) is 18.2 Å². The van der Waals surface area contributed by atoms with Crippen molar-refractivity contribution in [2.45, 2.75) is 32.2 Å². The van der Waals surface area contributed by atoms with Gasteiger partial charge in [0.2, 0.25) is 0 Å². The minimum absolute atomic E-state index is 0.0301. The lowest BCUT2D eigenvalue weighted by Crippen LogP contribution is -2.05. The van der Waals surface area contributed by atoms with Crippen molar-refractivity contribution in [1.82, 2.24) is 14.8 Å². The molecule has 0 fully saturated rings. The summed E-state index contributed by atoms with van der Waals surface area (Å²) in [7, 11) is 0. The molecule has 1 aliphatic rings. The van der Waals surface area contributed by atoms with Crippen molar-refractivity contribution in [3.63, 3.8) is 0 Å². The van der Waals surface area contributed by atoms with Gasteiger partial charge in [-0.25, -0.2) is 8.78 Å². The lowest BCUT2D eigenvalue weighted by molar-refractivity contribution is 0.598. The molecule has 1 aromatic heterocycles. The van der Waals surface area contributed by atoms with Gasteiger partial charge in [0, 0.05) is 18.5 Å². The number of hydrogen-bond donors (Lipinski definition) is 0. The van der Waals surface area contributed by atoms with Gasteiger partial charge in [0.15, 0.2) is 5.82 Å². The summed E-state index contributed by atoms with van der Waals surface area (Å²) in [5.74, 6) is 0.131. The zero-order valence-electron chi connectivity index (χ0n) is 11.9. The van der Waals surface area contributed by atoms with E-state index >= 15 is 0 Å². The summed E-state index contributed by atoms with van der Waals surface area (Å²) >= 11 is 0. The Bertz CT molecular complexity index is 771. The molecule has 0 bridgehead atoms. The summed E-state index contributed by atoms with van der Waals surface area (Å²) in [6.07, 6.45) is 5.28. The second-order valence-electron chi connectivity index (χ2n) is 5.24. The van der Waals surface area contributed by atoms with Crippen molar-refractivity contribution in [2.75, 3.05) is 0 Å². The standard InChI is InChI=1S/C16H14F2N4/c17-13-5-6-14(18)11(9-13)8-12(10-19)16-21-20-15-4-2-1-3-7-22(15)16/h5-6,8-9H,1-4,7H2/b12-8+. The van der Waals surface area contributed by atoms with Crippen molar-refractivity contribution < 1.29 is 8.78 Å². The zero-order chi connectivity index (χ0) is 15.5. The van der Waals surface area contributed by atoms with Crippen LogP contribution >= 0.6 is 0 Å². The molecule has 112 valence electrons. The maximum Gasteiger partial charge on any atom is 0.174 e. The van der Waals surface area contributed by atoms with Crippen LogP contribution in [0.2, 0.25) is 0 Å². The summed E-state index contributed by atoms with van der Waals surface area (Å²) in [6.45, 7) is 0.738. The Labute approximate surface area is 126 Å². The summed E-state index contributed by atoms with van der Waals surface area (Å²) in [4.78, 5) is 0. The number of nitrogens with zero attached hydrogens (tertiary/aromatic N) is 4. The number of benzene rings is 1. The van der Waals surface area contributed by atoms with Crippen molar-refractivity contribution in [3.8, 4) is 6.07 Å². The molecule has 0 spiro atoms. The molecule has 0 atom stereocenters. The van der Waals surface area contributed by atoms with Gasteiger partial charge in [-0.3, -0.25) is 0 Å². The zero-order valence-corrected chi connectivity index (χ0v) is 11.9. The molecular formula is C16H14F2N4. The van der Waals surface area contributed by atoms with E-state index in [1.807, 2.05) is 10.6 Å². The fourth-order valence-electron chi connectivity index (χ4n) is 2.61. The Kier molecular flexibility index (Phi) is 3.96. The fourth-order valence-corrected chi connectivity index (χ4v) is 2.61. The molecule has 2 heterocycles. The first-order valence-electron chi connectivity index (χ1n) is 7.18. The van der Waals surface area contributed by atoms with Gasteiger partial charge >= 0.3 is 0 Å². The summed E-state index contributed by atoms with van der Waals surface area (Å²) < 4.78 is 28.9. The summed E-state index contributed by atoms with van der Waals surface area (Å²) in [6, 6.07) is 5.17. The molecule has 1 aromatic carbocycles. The summed E-state index contributed by atoms with van der Waals surface area (Å²) in [5.41, 5.74) is 0.215. The lowest BCUT2D eigenvalue weighted by atomic mass is 10.1. The molecule has 0 N–H and O–H groups in total. The predicted molar refractivity (Wildman–Crippen MR) is 77.4 cm³/mol. The molecule has 0 radical (unpaired) electrons. The van der Waals surface area contributed by atoms with Crippen LogP contribution in [0.1, 0.15) is 36.5 Å². The normalized spacial score (nSPS) is 15.0. The maximum absolute atomic E-state index is 13.7. The number of hydrogen-bond acceptors (Lipinski definition) is 3. The van der Waals surface area contributed by atoms with Gasteiger partial charge in [0.25, 0.3) is 0 Å². The fraction of sp³-hybridized carbons (Fsp3) is 0.312. The molecule has 4 nitrogen and oxygen atoms in total. The van der Waals surface area contributed by atoms with E-state index in [-0.39, 0.29) is 11.1 Å². The molecule has 22 heavy (non-hydrogen) atoms. The minimum Gasteiger partial charge on any atom is -0.310 e. The average molecular weight is 300 g/mol. The molecular weight excluding hydrogens is 286 g/mol. The number of halogens is 2. The van der Waals surface area contributed by atoms with Gasteiger partial charge in [0.05, 0.1) is 5.57 Å². The SMILES string of the molecule is N#C/C(=C\c1cc(F)ccc1F)c1nnc2n1CCCCC2. The van der Waals surface area contributed by atoms with E-state index < -0.39 is 11.6 Å². The van der Waals surface area contributed by atoms with Crippen LogP contribution in [0.5, 0.6) is 0 Å². The highest BCUT2D eigenvalue weighted by molar-refractivity contribution is 5.87. The van der Waals surface area contributed by atoms with Crippen LogP contribution in [-0.4, -0.2) is 14.8 Å². The third kappa shape index (κ3) is 2.75. The van der Waals surface area contributed by atoms with Gasteiger partial charge in [0.1, 0.15) is 23.5 Å². The van der Waals surface area contributed by atoms with E-state index in [4.69, 9.17) is 0 Å². The van der Waals surface area contributed by atoms with E-state index in [1.54, 1.807) is 0 Å². The molecule has 1 aliphatic heterocycles. The molecule has 3 rings (SSSR count). The Morgan fingerprint density at radius 1 is 1.23 bits per heavy atom. The van der Waals surface area contributed by atoms with Crippen molar-refractivity contribution in [2.24, 2.45) is 0 Å². The number of rotatable bonds is 2. The predicted octanol–water partition coefficient (Wildman–Crippen LogP) is 3.35. The summed E-state index contributed by atoms with van der Waals surface area (Å²) in [5, 5.41) is 17.6. The third-order valence-electron chi connectivity index (χ3n) is 3.73. The van der Waals surface area contributed by atoms with E-state index in [0.717, 1.165) is 56.3 Å². The van der Waals surface area contributed by atoms with Crippen LogP contribution in [-0.2, 0) is 13.0 Å². The maximum atomic E-state index is 13.7. The van der Waals surface area contributed by atoms with Gasteiger partial charge in [-0.1, -0.05) is 6.42 Å². The first-order chi connectivity index (χ1) is 10.7. The second kappa shape index (κ2) is 6.06. The van der Waals surface area contributed by atoms with Crippen LogP contribution in [0, 0.1) is 23.0 Å². The smallest absolute Gasteiger partial charge is 0.174 e. The minimum atomic E-state index is -0.579. The highest BCUT2D eigenvalue weighted by Gasteiger charge is 2.18. The van der Waals surface area contributed by atoms with Crippen LogP contribution in [0.4, 0.5) is 8.78 Å². The number of fused-ring (bicyclic) bond motifs is 1. The molecule has 0 aliphatic carbocycles. The van der Waals surface area contributed by atoms with Crippen molar-refractivity contribution in [3.05, 3.63) is 47.0 Å². The number of nitriles is 1. The Morgan fingerprint density at radius 2 is 2.09 bits per heavy atom. The largest absolute Gasteiger partial charge is 0.310 e. The molecule has 0 unspecified atom stereocenters. The first kappa shape index (κ1) is 14.4. The van der Waals surface area contributed by atoms with Crippen LogP contribution in [0.3, 0.4) is 0 Å². The Balaban J connectivity index is 2.05.